The van der Waals surface area contributed by atoms with Crippen molar-refractivity contribution >= 4 is 35.0 Å². The number of furan rings is 1. The summed E-state index contributed by atoms with van der Waals surface area (Å²) in [5.41, 5.74) is 4.54. The van der Waals surface area contributed by atoms with Crippen LogP contribution in [0.1, 0.15) is 30.6 Å². The minimum absolute atomic E-state index is 0. The van der Waals surface area contributed by atoms with Crippen molar-refractivity contribution in [1.82, 2.24) is 5.32 Å². The van der Waals surface area contributed by atoms with E-state index in [0.29, 0.717) is 6.04 Å². The topological polar surface area (TPSA) is 25.2 Å². The van der Waals surface area contributed by atoms with Crippen LogP contribution >= 0.6 is 24.0 Å². The van der Waals surface area contributed by atoms with Crippen LogP contribution in [-0.4, -0.2) is 6.04 Å². The van der Waals surface area contributed by atoms with E-state index in [0.717, 1.165) is 28.5 Å². The molecule has 0 aliphatic heterocycles. The second-order valence-corrected chi connectivity index (χ2v) is 6.85. The van der Waals surface area contributed by atoms with Gasteiger partial charge in [0.05, 0.1) is 6.54 Å². The van der Waals surface area contributed by atoms with Crippen molar-refractivity contribution in [2.45, 2.75) is 38.8 Å². The maximum atomic E-state index is 6.16. The lowest BCUT2D eigenvalue weighted by Crippen LogP contribution is -2.34. The van der Waals surface area contributed by atoms with E-state index in [4.69, 9.17) is 16.0 Å². The van der Waals surface area contributed by atoms with Crippen molar-refractivity contribution in [3.63, 3.8) is 0 Å². The second-order valence-electron chi connectivity index (χ2n) is 6.42. The van der Waals surface area contributed by atoms with Gasteiger partial charge in [0.15, 0.2) is 0 Å². The van der Waals surface area contributed by atoms with Crippen LogP contribution in [0, 0.1) is 6.92 Å². The standard InChI is InChI=1S/C20H20ClNO.ClH/c1-13-5-10-18-17(11-13)20(14-6-8-15(21)9-7-14)19(23-18)12-22-16-3-2-4-16;/h5-11,16,22H,2-4,12H2,1H3;1H. The van der Waals surface area contributed by atoms with Gasteiger partial charge in [-0.15, -0.1) is 12.4 Å². The molecule has 0 unspecified atom stereocenters. The number of aryl methyl sites for hydroxylation is 1. The smallest absolute Gasteiger partial charge is 0.135 e. The first-order chi connectivity index (χ1) is 11.2. The molecule has 1 aliphatic rings. The first kappa shape index (κ1) is 17.3. The molecule has 1 saturated carbocycles. The molecule has 1 fully saturated rings. The van der Waals surface area contributed by atoms with Gasteiger partial charge < -0.3 is 9.73 Å². The van der Waals surface area contributed by atoms with Gasteiger partial charge in [-0.3, -0.25) is 0 Å². The molecule has 3 aromatic rings. The van der Waals surface area contributed by atoms with Gasteiger partial charge in [-0.1, -0.05) is 41.8 Å². The Hall–Kier alpha value is -1.48. The number of halogens is 2. The van der Waals surface area contributed by atoms with E-state index < -0.39 is 0 Å². The zero-order valence-corrected chi connectivity index (χ0v) is 15.2. The summed E-state index contributed by atoms with van der Waals surface area (Å²) in [6.45, 7) is 2.89. The zero-order valence-electron chi connectivity index (χ0n) is 13.6. The van der Waals surface area contributed by atoms with Crippen LogP contribution in [0.15, 0.2) is 46.9 Å². The van der Waals surface area contributed by atoms with Crippen LogP contribution in [-0.2, 0) is 6.54 Å². The second kappa shape index (κ2) is 7.18. The van der Waals surface area contributed by atoms with Crippen LogP contribution < -0.4 is 5.32 Å². The third-order valence-electron chi connectivity index (χ3n) is 4.71. The van der Waals surface area contributed by atoms with Gasteiger partial charge in [0.25, 0.3) is 0 Å². The van der Waals surface area contributed by atoms with E-state index in [-0.39, 0.29) is 12.4 Å². The van der Waals surface area contributed by atoms with Crippen LogP contribution in [0.4, 0.5) is 0 Å². The maximum Gasteiger partial charge on any atom is 0.135 e. The summed E-state index contributed by atoms with van der Waals surface area (Å²) in [5.74, 6) is 1.01. The Morgan fingerprint density at radius 3 is 2.54 bits per heavy atom. The van der Waals surface area contributed by atoms with Crippen molar-refractivity contribution < 1.29 is 4.42 Å². The molecule has 1 aliphatic carbocycles. The summed E-state index contributed by atoms with van der Waals surface area (Å²) in [7, 11) is 0. The Morgan fingerprint density at radius 1 is 1.12 bits per heavy atom. The van der Waals surface area contributed by atoms with Crippen LogP contribution in [0.3, 0.4) is 0 Å². The van der Waals surface area contributed by atoms with Gasteiger partial charge in [0.2, 0.25) is 0 Å². The van der Waals surface area contributed by atoms with Crippen LogP contribution in [0.25, 0.3) is 22.1 Å². The zero-order chi connectivity index (χ0) is 15.8. The number of benzene rings is 2. The van der Waals surface area contributed by atoms with Gasteiger partial charge in [-0.05, 0) is 49.6 Å². The highest BCUT2D eigenvalue weighted by Crippen LogP contribution is 2.36. The third-order valence-corrected chi connectivity index (χ3v) is 4.96. The molecule has 4 heteroatoms. The van der Waals surface area contributed by atoms with Gasteiger partial charge in [0, 0.05) is 22.0 Å². The normalized spacial score (nSPS) is 14.4. The maximum absolute atomic E-state index is 6.16. The van der Waals surface area contributed by atoms with Gasteiger partial charge >= 0.3 is 0 Å². The van der Waals surface area contributed by atoms with Crippen molar-refractivity contribution in [3.8, 4) is 11.1 Å². The molecule has 24 heavy (non-hydrogen) atoms. The Kier molecular flexibility index (Phi) is 5.19. The molecule has 126 valence electrons. The summed E-state index contributed by atoms with van der Waals surface area (Å²) < 4.78 is 6.16. The molecule has 2 nitrogen and oxygen atoms in total. The molecule has 0 spiro atoms. The molecule has 1 heterocycles. The molecule has 0 bridgehead atoms. The molecule has 4 rings (SSSR count). The Labute approximate surface area is 153 Å². The van der Waals surface area contributed by atoms with E-state index in [1.54, 1.807) is 0 Å². The highest BCUT2D eigenvalue weighted by atomic mass is 35.5. The average molecular weight is 362 g/mol. The van der Waals surface area contributed by atoms with Crippen molar-refractivity contribution in [2.24, 2.45) is 0 Å². The molecular formula is C20H21Cl2NO. The van der Waals surface area contributed by atoms with Crippen LogP contribution in [0.2, 0.25) is 5.02 Å². The van der Waals surface area contributed by atoms with Crippen molar-refractivity contribution in [1.29, 1.82) is 0 Å². The molecular weight excluding hydrogens is 341 g/mol. The fourth-order valence-electron chi connectivity index (χ4n) is 3.17. The van der Waals surface area contributed by atoms with E-state index in [9.17, 15) is 0 Å². The lowest BCUT2D eigenvalue weighted by molar-refractivity contribution is 0.327. The van der Waals surface area contributed by atoms with Crippen molar-refractivity contribution in [2.75, 3.05) is 0 Å². The summed E-state index contributed by atoms with van der Waals surface area (Å²) in [6.07, 6.45) is 3.88. The number of fused-ring (bicyclic) bond motifs is 1. The predicted octanol–water partition coefficient (Wildman–Crippen LogP) is 6.13. The third kappa shape index (κ3) is 3.32. The van der Waals surface area contributed by atoms with Crippen LogP contribution in [0.5, 0.6) is 0 Å². The molecule has 0 radical (unpaired) electrons. The number of hydrogen-bond donors (Lipinski definition) is 1. The molecule has 1 aromatic heterocycles. The highest BCUT2D eigenvalue weighted by molar-refractivity contribution is 6.30. The fraction of sp³-hybridized carbons (Fsp3) is 0.300. The first-order valence-electron chi connectivity index (χ1n) is 8.22. The van der Waals surface area contributed by atoms with E-state index in [1.165, 1.54) is 35.8 Å². The quantitative estimate of drug-likeness (QED) is 0.604. The molecule has 0 saturated heterocycles. The molecule has 0 atom stereocenters. The summed E-state index contributed by atoms with van der Waals surface area (Å²) in [4.78, 5) is 0. The lowest BCUT2D eigenvalue weighted by Gasteiger charge is -2.26. The lowest BCUT2D eigenvalue weighted by atomic mass is 9.93. The van der Waals surface area contributed by atoms with Gasteiger partial charge in [0.1, 0.15) is 11.3 Å². The van der Waals surface area contributed by atoms with Crippen molar-refractivity contribution in [3.05, 3.63) is 58.8 Å². The minimum atomic E-state index is 0. The number of hydrogen-bond acceptors (Lipinski definition) is 2. The SMILES string of the molecule is Cc1ccc2oc(CNC3CCC3)c(-c3ccc(Cl)cc3)c2c1.Cl. The minimum Gasteiger partial charge on any atom is -0.459 e. The largest absolute Gasteiger partial charge is 0.459 e. The first-order valence-corrected chi connectivity index (χ1v) is 8.60. The van der Waals surface area contributed by atoms with E-state index in [2.05, 4.69) is 42.6 Å². The Balaban J connectivity index is 0.00000169. The number of rotatable bonds is 4. The predicted molar refractivity (Wildman–Crippen MR) is 103 cm³/mol. The molecule has 1 N–H and O–H groups in total. The summed E-state index contributed by atoms with van der Waals surface area (Å²) in [6, 6.07) is 15.0. The molecule has 0 amide bonds. The van der Waals surface area contributed by atoms with Gasteiger partial charge in [-0.2, -0.15) is 0 Å². The Bertz CT molecular complexity index is 835. The fourth-order valence-corrected chi connectivity index (χ4v) is 3.30. The summed E-state index contributed by atoms with van der Waals surface area (Å²) >= 11 is 6.05. The Morgan fingerprint density at radius 2 is 1.88 bits per heavy atom. The van der Waals surface area contributed by atoms with E-state index >= 15 is 0 Å². The average Bonchev–Trinajstić information content (AvgIpc) is 2.84. The summed E-state index contributed by atoms with van der Waals surface area (Å²) in [5, 5.41) is 5.55. The van der Waals surface area contributed by atoms with Gasteiger partial charge in [-0.25, -0.2) is 0 Å². The highest BCUT2D eigenvalue weighted by Gasteiger charge is 2.20. The van der Waals surface area contributed by atoms with E-state index in [1.807, 2.05) is 12.1 Å². The molecule has 2 aromatic carbocycles. The number of nitrogens with one attached hydrogen (secondary N) is 1. The monoisotopic (exact) mass is 361 g/mol.